The van der Waals surface area contributed by atoms with Gasteiger partial charge in [-0.25, -0.2) is 0 Å². The largest absolute Gasteiger partial charge is 0.313 e. The first-order valence-corrected chi connectivity index (χ1v) is 6.57. The fourth-order valence-corrected chi connectivity index (χ4v) is 2.25. The van der Waals surface area contributed by atoms with Gasteiger partial charge < -0.3 is 10.6 Å². The van der Waals surface area contributed by atoms with Crippen LogP contribution in [-0.2, 0) is 6.54 Å². The van der Waals surface area contributed by atoms with Gasteiger partial charge >= 0.3 is 0 Å². The number of halogens is 1. The molecule has 2 nitrogen and oxygen atoms in total. The molecular formula is C13H21BrN2. The van der Waals surface area contributed by atoms with Crippen molar-refractivity contribution in [3.8, 4) is 0 Å². The van der Waals surface area contributed by atoms with E-state index in [0.29, 0.717) is 6.04 Å². The van der Waals surface area contributed by atoms with E-state index >= 15 is 0 Å². The molecule has 2 N–H and O–H groups in total. The normalized spacial score (nSPS) is 11.1. The summed E-state index contributed by atoms with van der Waals surface area (Å²) in [5, 5.41) is 6.81. The van der Waals surface area contributed by atoms with Crippen LogP contribution in [0.15, 0.2) is 22.7 Å². The zero-order chi connectivity index (χ0) is 12.0. The molecule has 0 aliphatic carbocycles. The molecule has 3 heteroatoms. The minimum absolute atomic E-state index is 0.565. The lowest BCUT2D eigenvalue weighted by atomic mass is 10.1. The molecule has 0 bridgehead atoms. The Kier molecular flexibility index (Phi) is 6.03. The first kappa shape index (κ1) is 13.7. The third-order valence-corrected chi connectivity index (χ3v) is 2.74. The standard InChI is InChI=1S/C13H21BrN2/c1-10(2)16-5-4-15-9-12-6-11(3)7-13(14)8-12/h6-8,10,15-16H,4-5,9H2,1-3H3. The molecule has 16 heavy (non-hydrogen) atoms. The minimum Gasteiger partial charge on any atom is -0.313 e. The fraction of sp³-hybridized carbons (Fsp3) is 0.538. The van der Waals surface area contributed by atoms with Gasteiger partial charge in [-0.3, -0.25) is 0 Å². The van der Waals surface area contributed by atoms with Gasteiger partial charge in [0, 0.05) is 30.1 Å². The van der Waals surface area contributed by atoms with Crippen LogP contribution in [0.25, 0.3) is 0 Å². The highest BCUT2D eigenvalue weighted by Gasteiger charge is 1.97. The van der Waals surface area contributed by atoms with Gasteiger partial charge in [0.2, 0.25) is 0 Å². The summed E-state index contributed by atoms with van der Waals surface area (Å²) in [5.74, 6) is 0. The Balaban J connectivity index is 2.26. The van der Waals surface area contributed by atoms with E-state index in [1.165, 1.54) is 11.1 Å². The van der Waals surface area contributed by atoms with Gasteiger partial charge in [-0.1, -0.05) is 35.8 Å². The Morgan fingerprint density at radius 3 is 2.56 bits per heavy atom. The molecule has 1 aromatic rings. The van der Waals surface area contributed by atoms with Crippen LogP contribution in [0.5, 0.6) is 0 Å². The summed E-state index contributed by atoms with van der Waals surface area (Å²) in [6, 6.07) is 7.07. The molecule has 1 rings (SSSR count). The van der Waals surface area contributed by atoms with Gasteiger partial charge in [-0.15, -0.1) is 0 Å². The zero-order valence-corrected chi connectivity index (χ0v) is 11.9. The van der Waals surface area contributed by atoms with Crippen LogP contribution in [0.2, 0.25) is 0 Å². The van der Waals surface area contributed by atoms with E-state index in [1.807, 2.05) is 0 Å². The van der Waals surface area contributed by atoms with Crippen molar-refractivity contribution in [2.45, 2.75) is 33.4 Å². The second-order valence-electron chi connectivity index (χ2n) is 4.42. The summed E-state index contributed by atoms with van der Waals surface area (Å²) in [6.45, 7) is 9.40. The lowest BCUT2D eigenvalue weighted by Crippen LogP contribution is -2.31. The molecule has 0 aliphatic rings. The van der Waals surface area contributed by atoms with Crippen LogP contribution in [-0.4, -0.2) is 19.1 Å². The SMILES string of the molecule is Cc1cc(Br)cc(CNCCNC(C)C)c1. The predicted molar refractivity (Wildman–Crippen MR) is 73.7 cm³/mol. The first-order valence-electron chi connectivity index (χ1n) is 5.78. The fourth-order valence-electron chi connectivity index (χ4n) is 1.60. The van der Waals surface area contributed by atoms with Crippen molar-refractivity contribution in [3.63, 3.8) is 0 Å². The molecule has 0 saturated carbocycles. The second-order valence-corrected chi connectivity index (χ2v) is 5.34. The Bertz CT molecular complexity index is 303. The quantitative estimate of drug-likeness (QED) is 0.785. The van der Waals surface area contributed by atoms with Crippen molar-refractivity contribution >= 4 is 15.9 Å². The van der Waals surface area contributed by atoms with Gasteiger partial charge in [-0.05, 0) is 30.2 Å². The number of nitrogens with one attached hydrogen (secondary N) is 2. The van der Waals surface area contributed by atoms with E-state index in [-0.39, 0.29) is 0 Å². The number of aryl methyl sites for hydroxylation is 1. The summed E-state index contributed by atoms with van der Waals surface area (Å²) in [6.07, 6.45) is 0. The maximum atomic E-state index is 3.51. The van der Waals surface area contributed by atoms with Crippen LogP contribution in [0, 0.1) is 6.92 Å². The Labute approximate surface area is 107 Å². The van der Waals surface area contributed by atoms with E-state index in [0.717, 1.165) is 24.1 Å². The maximum Gasteiger partial charge on any atom is 0.0206 e. The second kappa shape index (κ2) is 7.05. The predicted octanol–water partition coefficient (Wildman–Crippen LogP) is 2.85. The molecule has 0 unspecified atom stereocenters. The number of benzene rings is 1. The molecule has 0 spiro atoms. The third-order valence-electron chi connectivity index (χ3n) is 2.29. The van der Waals surface area contributed by atoms with Gasteiger partial charge in [-0.2, -0.15) is 0 Å². The van der Waals surface area contributed by atoms with Crippen molar-refractivity contribution in [1.82, 2.24) is 10.6 Å². The van der Waals surface area contributed by atoms with Crippen molar-refractivity contribution in [2.24, 2.45) is 0 Å². The summed E-state index contributed by atoms with van der Waals surface area (Å²) < 4.78 is 1.16. The average Bonchev–Trinajstić information content (AvgIpc) is 2.15. The number of hydrogen-bond donors (Lipinski definition) is 2. The highest BCUT2D eigenvalue weighted by atomic mass is 79.9. The average molecular weight is 285 g/mol. The lowest BCUT2D eigenvalue weighted by molar-refractivity contribution is 0.555. The number of hydrogen-bond acceptors (Lipinski definition) is 2. The van der Waals surface area contributed by atoms with Crippen molar-refractivity contribution < 1.29 is 0 Å². The number of rotatable bonds is 6. The highest BCUT2D eigenvalue weighted by Crippen LogP contribution is 2.14. The van der Waals surface area contributed by atoms with Gasteiger partial charge in [0.05, 0.1) is 0 Å². The summed E-state index contributed by atoms with van der Waals surface area (Å²) in [5.41, 5.74) is 2.63. The van der Waals surface area contributed by atoms with Crippen LogP contribution < -0.4 is 10.6 Å². The van der Waals surface area contributed by atoms with Gasteiger partial charge in [0.15, 0.2) is 0 Å². The summed E-state index contributed by atoms with van der Waals surface area (Å²) in [4.78, 5) is 0. The molecular weight excluding hydrogens is 264 g/mol. The Hall–Kier alpha value is -0.380. The smallest absolute Gasteiger partial charge is 0.0206 e. The van der Waals surface area contributed by atoms with Crippen molar-refractivity contribution in [2.75, 3.05) is 13.1 Å². The molecule has 90 valence electrons. The van der Waals surface area contributed by atoms with Crippen LogP contribution in [0.4, 0.5) is 0 Å². The van der Waals surface area contributed by atoms with E-state index in [9.17, 15) is 0 Å². The first-order chi connectivity index (χ1) is 7.58. The Morgan fingerprint density at radius 1 is 1.19 bits per heavy atom. The molecule has 1 aromatic carbocycles. The molecule has 0 aromatic heterocycles. The molecule has 0 heterocycles. The van der Waals surface area contributed by atoms with E-state index in [4.69, 9.17) is 0 Å². The van der Waals surface area contributed by atoms with Gasteiger partial charge in [0.1, 0.15) is 0 Å². The van der Waals surface area contributed by atoms with Crippen molar-refractivity contribution in [1.29, 1.82) is 0 Å². The maximum absolute atomic E-state index is 3.51. The molecule has 0 saturated heterocycles. The molecule has 0 radical (unpaired) electrons. The zero-order valence-electron chi connectivity index (χ0n) is 10.3. The molecule has 0 atom stereocenters. The monoisotopic (exact) mass is 284 g/mol. The third kappa shape index (κ3) is 5.64. The summed E-state index contributed by atoms with van der Waals surface area (Å²) in [7, 11) is 0. The molecule has 0 amide bonds. The van der Waals surface area contributed by atoms with Gasteiger partial charge in [0.25, 0.3) is 0 Å². The minimum atomic E-state index is 0.565. The van der Waals surface area contributed by atoms with Crippen LogP contribution >= 0.6 is 15.9 Å². The van der Waals surface area contributed by atoms with E-state index in [2.05, 4.69) is 65.5 Å². The summed E-state index contributed by atoms with van der Waals surface area (Å²) >= 11 is 3.51. The van der Waals surface area contributed by atoms with Crippen LogP contribution in [0.3, 0.4) is 0 Å². The molecule has 0 aliphatic heterocycles. The van der Waals surface area contributed by atoms with E-state index in [1.54, 1.807) is 0 Å². The molecule has 0 fully saturated rings. The van der Waals surface area contributed by atoms with Crippen molar-refractivity contribution in [3.05, 3.63) is 33.8 Å². The van der Waals surface area contributed by atoms with E-state index < -0.39 is 0 Å². The lowest BCUT2D eigenvalue weighted by Gasteiger charge is -2.09. The highest BCUT2D eigenvalue weighted by molar-refractivity contribution is 9.10. The topological polar surface area (TPSA) is 24.1 Å². The van der Waals surface area contributed by atoms with Crippen LogP contribution in [0.1, 0.15) is 25.0 Å². The Morgan fingerprint density at radius 2 is 1.94 bits per heavy atom.